The minimum absolute atomic E-state index is 0.143. The Morgan fingerprint density at radius 1 is 1.00 bits per heavy atom. The van der Waals surface area contributed by atoms with Crippen molar-refractivity contribution in [1.82, 2.24) is 10.2 Å². The molecule has 168 valence electrons. The van der Waals surface area contributed by atoms with Crippen molar-refractivity contribution in [2.45, 2.75) is 17.2 Å². The first kappa shape index (κ1) is 23.0. The van der Waals surface area contributed by atoms with Gasteiger partial charge in [0.05, 0.1) is 0 Å². The number of hydrogen-bond acceptors (Lipinski definition) is 4. The maximum Gasteiger partial charge on any atom is 0.289 e. The van der Waals surface area contributed by atoms with Gasteiger partial charge in [-0.2, -0.15) is 0 Å². The minimum Gasteiger partial charge on any atom is -0.451 e. The fraction of sp³-hybridized carbons (Fsp3) is 0.154. The van der Waals surface area contributed by atoms with Crippen LogP contribution in [0.4, 0.5) is 0 Å². The summed E-state index contributed by atoms with van der Waals surface area (Å²) in [6, 6.07) is 22.5. The van der Waals surface area contributed by atoms with Crippen LogP contribution in [0, 0.1) is 0 Å². The number of carbonyl (C=O) groups excluding carboxylic acids is 2. The quantitative estimate of drug-likeness (QED) is 0.330. The molecule has 1 N–H and O–H groups in total. The lowest BCUT2D eigenvalue weighted by molar-refractivity contribution is 0.0754. The zero-order valence-corrected chi connectivity index (χ0v) is 19.9. The smallest absolute Gasteiger partial charge is 0.289 e. The zero-order chi connectivity index (χ0) is 23.4. The van der Waals surface area contributed by atoms with E-state index in [9.17, 15) is 9.59 Å². The monoisotopic (exact) mass is 478 g/mol. The molecule has 0 saturated heterocycles. The van der Waals surface area contributed by atoms with Crippen LogP contribution < -0.4 is 5.32 Å². The number of carbonyl (C=O) groups is 2. The van der Waals surface area contributed by atoms with Gasteiger partial charge in [-0.3, -0.25) is 9.59 Å². The van der Waals surface area contributed by atoms with Crippen molar-refractivity contribution < 1.29 is 14.0 Å². The van der Waals surface area contributed by atoms with Crippen molar-refractivity contribution in [2.75, 3.05) is 14.1 Å². The first-order valence-electron chi connectivity index (χ1n) is 10.4. The van der Waals surface area contributed by atoms with E-state index in [2.05, 4.69) is 5.32 Å². The Bertz CT molecular complexity index is 1280. The van der Waals surface area contributed by atoms with Crippen LogP contribution >= 0.6 is 23.4 Å². The lowest BCUT2D eigenvalue weighted by Crippen LogP contribution is -2.26. The molecule has 4 aromatic rings. The van der Waals surface area contributed by atoms with E-state index in [0.717, 1.165) is 21.4 Å². The Morgan fingerprint density at radius 3 is 2.39 bits per heavy atom. The summed E-state index contributed by atoms with van der Waals surface area (Å²) >= 11 is 7.62. The zero-order valence-electron chi connectivity index (χ0n) is 18.3. The highest BCUT2D eigenvalue weighted by molar-refractivity contribution is 7.98. The Hall–Kier alpha value is -3.22. The molecule has 3 aromatic carbocycles. The topological polar surface area (TPSA) is 62.6 Å². The number of thioether (sulfide) groups is 1. The Morgan fingerprint density at radius 2 is 1.70 bits per heavy atom. The van der Waals surface area contributed by atoms with Crippen molar-refractivity contribution in [3.8, 4) is 0 Å². The number of nitrogens with one attached hydrogen (secondary N) is 1. The molecule has 0 fully saturated rings. The predicted molar refractivity (Wildman–Crippen MR) is 133 cm³/mol. The Labute approximate surface area is 201 Å². The van der Waals surface area contributed by atoms with Gasteiger partial charge < -0.3 is 14.6 Å². The van der Waals surface area contributed by atoms with Crippen LogP contribution in [0.25, 0.3) is 11.0 Å². The Kier molecular flexibility index (Phi) is 7.06. The van der Waals surface area contributed by atoms with Crippen LogP contribution in [-0.2, 0) is 12.3 Å². The summed E-state index contributed by atoms with van der Waals surface area (Å²) in [5, 5.41) is 4.23. The lowest BCUT2D eigenvalue weighted by Gasteiger charge is -2.17. The molecule has 7 heteroatoms. The number of fused-ring (bicyclic) bond motifs is 1. The van der Waals surface area contributed by atoms with E-state index in [1.54, 1.807) is 42.9 Å². The van der Waals surface area contributed by atoms with Gasteiger partial charge in [0, 0.05) is 52.8 Å². The summed E-state index contributed by atoms with van der Waals surface area (Å²) in [5.74, 6) is 0.612. The van der Waals surface area contributed by atoms with Gasteiger partial charge in [-0.15, -0.1) is 11.8 Å². The molecule has 0 aliphatic heterocycles. The SMILES string of the molecule is CNC(=O)c1ccc(CN(C)C(=O)c2oc3ccccc3c2CSc2ccc(Cl)cc2)cc1. The number of halogens is 1. The molecule has 0 bridgehead atoms. The third kappa shape index (κ3) is 5.24. The van der Waals surface area contributed by atoms with E-state index in [-0.39, 0.29) is 11.8 Å². The summed E-state index contributed by atoms with van der Waals surface area (Å²) in [4.78, 5) is 27.8. The normalized spacial score (nSPS) is 10.9. The van der Waals surface area contributed by atoms with Gasteiger partial charge in [0.1, 0.15) is 5.58 Å². The highest BCUT2D eigenvalue weighted by Crippen LogP contribution is 2.33. The van der Waals surface area contributed by atoms with Gasteiger partial charge in [0.15, 0.2) is 5.76 Å². The molecule has 0 unspecified atom stereocenters. The van der Waals surface area contributed by atoms with E-state index in [4.69, 9.17) is 16.0 Å². The molecule has 0 spiro atoms. The molecule has 33 heavy (non-hydrogen) atoms. The summed E-state index contributed by atoms with van der Waals surface area (Å²) in [6.45, 7) is 0.396. The van der Waals surface area contributed by atoms with E-state index in [1.165, 1.54) is 0 Å². The number of benzene rings is 3. The number of para-hydroxylation sites is 1. The summed E-state index contributed by atoms with van der Waals surface area (Å²) in [7, 11) is 3.34. The van der Waals surface area contributed by atoms with E-state index in [0.29, 0.717) is 34.2 Å². The van der Waals surface area contributed by atoms with Crippen molar-refractivity contribution >= 4 is 46.1 Å². The highest BCUT2D eigenvalue weighted by atomic mass is 35.5. The number of hydrogen-bond donors (Lipinski definition) is 1. The van der Waals surface area contributed by atoms with Crippen LogP contribution in [0.15, 0.2) is 82.1 Å². The molecule has 1 heterocycles. The average molecular weight is 479 g/mol. The standard InChI is InChI=1S/C26H23ClN2O3S/c1-28-25(30)18-9-7-17(8-10-18)15-29(2)26(31)24-22(21-5-3-4-6-23(21)32-24)16-33-20-13-11-19(27)12-14-20/h3-14H,15-16H2,1-2H3,(H,28,30). The average Bonchev–Trinajstić information content (AvgIpc) is 3.21. The van der Waals surface area contributed by atoms with Crippen molar-refractivity contribution in [1.29, 1.82) is 0 Å². The second-order valence-electron chi connectivity index (χ2n) is 7.59. The van der Waals surface area contributed by atoms with Gasteiger partial charge in [-0.05, 0) is 48.0 Å². The van der Waals surface area contributed by atoms with E-state index < -0.39 is 0 Å². The summed E-state index contributed by atoms with van der Waals surface area (Å²) < 4.78 is 6.01. The van der Waals surface area contributed by atoms with Crippen LogP contribution in [0.5, 0.6) is 0 Å². The molecule has 0 saturated carbocycles. The lowest BCUT2D eigenvalue weighted by atomic mass is 10.1. The Balaban J connectivity index is 1.56. The maximum atomic E-state index is 13.4. The van der Waals surface area contributed by atoms with Gasteiger partial charge in [0.2, 0.25) is 0 Å². The maximum absolute atomic E-state index is 13.4. The number of nitrogens with zero attached hydrogens (tertiary/aromatic N) is 1. The third-order valence-electron chi connectivity index (χ3n) is 5.30. The first-order chi connectivity index (χ1) is 16.0. The molecule has 0 radical (unpaired) electrons. The molecular weight excluding hydrogens is 456 g/mol. The molecule has 0 aliphatic carbocycles. The highest BCUT2D eigenvalue weighted by Gasteiger charge is 2.23. The van der Waals surface area contributed by atoms with Crippen LogP contribution in [-0.4, -0.2) is 30.8 Å². The van der Waals surface area contributed by atoms with Gasteiger partial charge in [-0.25, -0.2) is 0 Å². The van der Waals surface area contributed by atoms with Crippen LogP contribution in [0.1, 0.15) is 32.0 Å². The van der Waals surface area contributed by atoms with Crippen molar-refractivity contribution in [2.24, 2.45) is 0 Å². The second kappa shape index (κ2) is 10.1. The molecule has 5 nitrogen and oxygen atoms in total. The third-order valence-corrected chi connectivity index (χ3v) is 6.59. The van der Waals surface area contributed by atoms with Crippen molar-refractivity contribution in [3.63, 3.8) is 0 Å². The van der Waals surface area contributed by atoms with Crippen LogP contribution in [0.2, 0.25) is 5.02 Å². The fourth-order valence-corrected chi connectivity index (χ4v) is 4.58. The van der Waals surface area contributed by atoms with Gasteiger partial charge in [0.25, 0.3) is 11.8 Å². The van der Waals surface area contributed by atoms with Gasteiger partial charge in [-0.1, -0.05) is 41.9 Å². The fourth-order valence-electron chi connectivity index (χ4n) is 3.53. The first-order valence-corrected chi connectivity index (χ1v) is 11.8. The van der Waals surface area contributed by atoms with Gasteiger partial charge >= 0.3 is 0 Å². The molecule has 2 amide bonds. The number of furan rings is 1. The van der Waals surface area contributed by atoms with E-state index >= 15 is 0 Å². The second-order valence-corrected chi connectivity index (χ2v) is 9.07. The minimum atomic E-state index is -0.187. The van der Waals surface area contributed by atoms with Crippen molar-refractivity contribution in [3.05, 3.63) is 100 Å². The molecule has 0 aliphatic rings. The summed E-state index contributed by atoms with van der Waals surface area (Å²) in [5.41, 5.74) is 3.06. The molecule has 4 rings (SSSR count). The predicted octanol–water partition coefficient (Wildman–Crippen LogP) is 6.01. The molecule has 0 atom stereocenters. The number of amides is 2. The van der Waals surface area contributed by atoms with Crippen LogP contribution in [0.3, 0.4) is 0 Å². The van der Waals surface area contributed by atoms with E-state index in [1.807, 2.05) is 60.7 Å². The molecular formula is C26H23ClN2O3S. The molecule has 1 aromatic heterocycles. The summed E-state index contributed by atoms with van der Waals surface area (Å²) in [6.07, 6.45) is 0. The number of rotatable bonds is 7. The largest absolute Gasteiger partial charge is 0.451 e.